The molecule has 1 heterocycles. The van der Waals surface area contributed by atoms with Gasteiger partial charge >= 0.3 is 0 Å². The predicted molar refractivity (Wildman–Crippen MR) is 59.9 cm³/mol. The molecule has 1 aromatic heterocycles. The lowest BCUT2D eigenvalue weighted by Gasteiger charge is -2.18. The molecule has 0 aliphatic carbocycles. The molecule has 0 aromatic carbocycles. The van der Waals surface area contributed by atoms with Crippen LogP contribution >= 0.6 is 11.3 Å². The minimum atomic E-state index is -3.05. The Bertz CT molecular complexity index is 356. The van der Waals surface area contributed by atoms with E-state index in [1.54, 1.807) is 18.3 Å². The molecule has 80 valence electrons. The fraction of sp³-hybridized carbons (Fsp3) is 0.556. The smallest absolute Gasteiger partial charge is 0.212 e. The van der Waals surface area contributed by atoms with Crippen LogP contribution in [0.1, 0.15) is 18.7 Å². The highest BCUT2D eigenvalue weighted by atomic mass is 32.2. The maximum atomic E-state index is 11.6. The van der Waals surface area contributed by atoms with Crippen LogP contribution in [0, 0.1) is 0 Å². The van der Waals surface area contributed by atoms with Crippen molar-refractivity contribution in [3.8, 4) is 0 Å². The van der Waals surface area contributed by atoms with Crippen LogP contribution in [-0.2, 0) is 16.6 Å². The van der Waals surface area contributed by atoms with Gasteiger partial charge in [-0.25, -0.2) is 8.42 Å². The molecule has 1 aromatic rings. The van der Waals surface area contributed by atoms with Gasteiger partial charge in [0.1, 0.15) is 0 Å². The number of thiophene rings is 1. The lowest BCUT2D eigenvalue weighted by atomic mass is 10.4. The third-order valence-corrected chi connectivity index (χ3v) is 4.79. The summed E-state index contributed by atoms with van der Waals surface area (Å²) >= 11 is 1.59. The van der Waals surface area contributed by atoms with Gasteiger partial charge in [-0.05, 0) is 18.4 Å². The zero-order chi connectivity index (χ0) is 10.6. The number of sulfonamides is 1. The highest BCUT2D eigenvalue weighted by Gasteiger charge is 2.18. The first kappa shape index (κ1) is 11.7. The molecule has 0 spiro atoms. The van der Waals surface area contributed by atoms with Gasteiger partial charge in [-0.2, -0.15) is 4.31 Å². The van der Waals surface area contributed by atoms with Crippen LogP contribution in [0.25, 0.3) is 0 Å². The van der Waals surface area contributed by atoms with E-state index in [-0.39, 0.29) is 5.75 Å². The van der Waals surface area contributed by atoms with Gasteiger partial charge in [0.25, 0.3) is 0 Å². The minimum Gasteiger partial charge on any atom is -0.212 e. The van der Waals surface area contributed by atoms with Gasteiger partial charge in [0.15, 0.2) is 0 Å². The van der Waals surface area contributed by atoms with Crippen LogP contribution in [0.15, 0.2) is 17.5 Å². The Balaban J connectivity index is 2.74. The first-order chi connectivity index (χ1) is 6.60. The molecule has 0 bridgehead atoms. The molecule has 0 saturated heterocycles. The molecule has 0 aliphatic heterocycles. The van der Waals surface area contributed by atoms with Crippen molar-refractivity contribution >= 4 is 21.4 Å². The summed E-state index contributed by atoms with van der Waals surface area (Å²) < 4.78 is 24.7. The van der Waals surface area contributed by atoms with E-state index in [1.807, 2.05) is 24.4 Å². The number of rotatable bonds is 5. The van der Waals surface area contributed by atoms with Crippen molar-refractivity contribution in [3.63, 3.8) is 0 Å². The Kier molecular flexibility index (Phi) is 4.10. The van der Waals surface area contributed by atoms with Crippen LogP contribution < -0.4 is 0 Å². The molecule has 1 rings (SSSR count). The third-order valence-electron chi connectivity index (χ3n) is 2.02. The molecule has 0 fully saturated rings. The van der Waals surface area contributed by atoms with Crippen molar-refractivity contribution in [2.45, 2.75) is 20.4 Å². The van der Waals surface area contributed by atoms with Crippen molar-refractivity contribution < 1.29 is 8.42 Å². The lowest BCUT2D eigenvalue weighted by Crippen LogP contribution is -2.31. The average Bonchev–Trinajstić information content (AvgIpc) is 2.66. The fourth-order valence-corrected chi connectivity index (χ4v) is 3.06. The molecule has 0 unspecified atom stereocenters. The first-order valence-corrected chi connectivity index (χ1v) is 7.09. The second-order valence-electron chi connectivity index (χ2n) is 2.91. The Morgan fingerprint density at radius 1 is 1.43 bits per heavy atom. The first-order valence-electron chi connectivity index (χ1n) is 4.60. The topological polar surface area (TPSA) is 37.4 Å². The van der Waals surface area contributed by atoms with Gasteiger partial charge in [0.05, 0.1) is 5.75 Å². The molecule has 0 aliphatic rings. The van der Waals surface area contributed by atoms with Gasteiger partial charge < -0.3 is 0 Å². The van der Waals surface area contributed by atoms with Crippen LogP contribution in [0.3, 0.4) is 0 Å². The minimum absolute atomic E-state index is 0.173. The summed E-state index contributed by atoms with van der Waals surface area (Å²) in [5, 5.41) is 1.96. The van der Waals surface area contributed by atoms with Crippen molar-refractivity contribution in [1.82, 2.24) is 4.31 Å². The second kappa shape index (κ2) is 4.91. The van der Waals surface area contributed by atoms with Gasteiger partial charge in [-0.15, -0.1) is 11.3 Å². The molecule has 0 atom stereocenters. The molecule has 0 saturated carbocycles. The van der Waals surface area contributed by atoms with Crippen molar-refractivity contribution in [2.75, 3.05) is 12.3 Å². The number of hydrogen-bond donors (Lipinski definition) is 0. The second-order valence-corrected chi connectivity index (χ2v) is 6.20. The van der Waals surface area contributed by atoms with Gasteiger partial charge in [0, 0.05) is 18.0 Å². The average molecular weight is 233 g/mol. The Morgan fingerprint density at radius 2 is 2.14 bits per heavy atom. The summed E-state index contributed by atoms with van der Waals surface area (Å²) in [4.78, 5) is 1.09. The van der Waals surface area contributed by atoms with Crippen LogP contribution in [-0.4, -0.2) is 25.0 Å². The summed E-state index contributed by atoms with van der Waals surface area (Å²) in [5.41, 5.74) is 0. The maximum absolute atomic E-state index is 11.6. The van der Waals surface area contributed by atoms with Crippen molar-refractivity contribution in [1.29, 1.82) is 0 Å². The van der Waals surface area contributed by atoms with Crippen molar-refractivity contribution in [3.05, 3.63) is 22.4 Å². The van der Waals surface area contributed by atoms with Gasteiger partial charge in [-0.3, -0.25) is 0 Å². The Morgan fingerprint density at radius 3 is 2.57 bits per heavy atom. The van der Waals surface area contributed by atoms with Gasteiger partial charge in [-0.1, -0.05) is 13.0 Å². The van der Waals surface area contributed by atoms with Crippen LogP contribution in [0.2, 0.25) is 0 Å². The van der Waals surface area contributed by atoms with E-state index in [4.69, 9.17) is 0 Å². The third kappa shape index (κ3) is 2.80. The number of nitrogens with zero attached hydrogens (tertiary/aromatic N) is 1. The van der Waals surface area contributed by atoms with Crippen molar-refractivity contribution in [2.24, 2.45) is 0 Å². The SMILES string of the molecule is CCN(Cc1cccs1)S(=O)(=O)CC. The van der Waals surface area contributed by atoms with Crippen LogP contribution in [0.5, 0.6) is 0 Å². The Labute approximate surface area is 89.4 Å². The van der Waals surface area contributed by atoms with E-state index in [0.29, 0.717) is 13.1 Å². The van der Waals surface area contributed by atoms with E-state index >= 15 is 0 Å². The summed E-state index contributed by atoms with van der Waals surface area (Å²) in [6.07, 6.45) is 0. The Hall–Kier alpha value is -0.390. The van der Waals surface area contributed by atoms with E-state index in [2.05, 4.69) is 0 Å². The van der Waals surface area contributed by atoms with E-state index < -0.39 is 10.0 Å². The molecular weight excluding hydrogens is 218 g/mol. The van der Waals surface area contributed by atoms with E-state index in [0.717, 1.165) is 4.88 Å². The van der Waals surface area contributed by atoms with E-state index in [9.17, 15) is 8.42 Å². The molecule has 0 radical (unpaired) electrons. The quantitative estimate of drug-likeness (QED) is 0.779. The summed E-state index contributed by atoms with van der Waals surface area (Å²) in [5.74, 6) is 0.173. The van der Waals surface area contributed by atoms with E-state index in [1.165, 1.54) is 4.31 Å². The molecule has 14 heavy (non-hydrogen) atoms. The zero-order valence-corrected chi connectivity index (χ0v) is 10.1. The van der Waals surface area contributed by atoms with Gasteiger partial charge in [0.2, 0.25) is 10.0 Å². The largest absolute Gasteiger partial charge is 0.214 e. The predicted octanol–water partition coefficient (Wildman–Crippen LogP) is 1.92. The molecule has 0 N–H and O–H groups in total. The number of hydrogen-bond acceptors (Lipinski definition) is 3. The van der Waals surface area contributed by atoms with Crippen LogP contribution in [0.4, 0.5) is 0 Å². The molecule has 3 nitrogen and oxygen atoms in total. The monoisotopic (exact) mass is 233 g/mol. The molecular formula is C9H15NO2S2. The molecule has 5 heteroatoms. The standard InChI is InChI=1S/C9H15NO2S2/c1-3-10(14(11,12)4-2)8-9-6-5-7-13-9/h5-7H,3-4,8H2,1-2H3. The summed E-state index contributed by atoms with van der Waals surface area (Å²) in [7, 11) is -3.05. The summed E-state index contributed by atoms with van der Waals surface area (Å²) in [6.45, 7) is 4.58. The lowest BCUT2D eigenvalue weighted by molar-refractivity contribution is 0.427. The zero-order valence-electron chi connectivity index (χ0n) is 8.43. The normalized spacial score (nSPS) is 12.2. The molecule has 0 amide bonds. The highest BCUT2D eigenvalue weighted by Crippen LogP contribution is 2.14. The maximum Gasteiger partial charge on any atom is 0.214 e. The highest BCUT2D eigenvalue weighted by molar-refractivity contribution is 7.89. The fourth-order valence-electron chi connectivity index (χ4n) is 1.17. The summed E-state index contributed by atoms with van der Waals surface area (Å²) in [6, 6.07) is 3.89.